The number of allylic oxidation sites excluding steroid dienone is 1. The van der Waals surface area contributed by atoms with E-state index >= 15 is 0 Å². The summed E-state index contributed by atoms with van der Waals surface area (Å²) in [5, 5.41) is 4.07. The van der Waals surface area contributed by atoms with Crippen molar-refractivity contribution in [3.63, 3.8) is 0 Å². The van der Waals surface area contributed by atoms with Gasteiger partial charge in [-0.1, -0.05) is 6.07 Å². The van der Waals surface area contributed by atoms with Crippen LogP contribution in [-0.2, 0) is 17.6 Å². The van der Waals surface area contributed by atoms with Crippen molar-refractivity contribution in [2.75, 3.05) is 19.5 Å². The summed E-state index contributed by atoms with van der Waals surface area (Å²) in [4.78, 5) is 12.8. The van der Waals surface area contributed by atoms with Crippen LogP contribution in [0.25, 0.3) is 16.5 Å². The van der Waals surface area contributed by atoms with Crippen molar-refractivity contribution in [2.45, 2.75) is 46.5 Å². The number of carbonyl (C=O) groups excluding carboxylic acids is 1. The van der Waals surface area contributed by atoms with E-state index in [2.05, 4.69) is 11.4 Å². The molecule has 3 aromatic rings. The highest BCUT2D eigenvalue weighted by atomic mass is 16.5. The predicted octanol–water partition coefficient (Wildman–Crippen LogP) is 5.99. The number of nitrogens with one attached hydrogen (secondary N) is 1. The average Bonchev–Trinajstić information content (AvgIpc) is 3.13. The Morgan fingerprint density at radius 2 is 1.87 bits per heavy atom. The molecule has 0 radical (unpaired) electrons. The Morgan fingerprint density at radius 1 is 1.10 bits per heavy atom. The summed E-state index contributed by atoms with van der Waals surface area (Å²) in [6, 6.07) is 7.81. The Labute approximate surface area is 183 Å². The minimum atomic E-state index is -0.213. The highest BCUT2D eigenvalue weighted by Gasteiger charge is 2.23. The van der Waals surface area contributed by atoms with Crippen LogP contribution in [0.4, 0.5) is 5.69 Å². The number of fused-ring (bicyclic) bond motifs is 3. The molecule has 0 fully saturated rings. The largest absolute Gasteiger partial charge is 0.496 e. The molecule has 31 heavy (non-hydrogen) atoms. The van der Waals surface area contributed by atoms with E-state index in [0.717, 1.165) is 64.0 Å². The molecule has 1 aromatic heterocycles. The Morgan fingerprint density at radius 3 is 2.61 bits per heavy atom. The maximum atomic E-state index is 12.8. The Balaban J connectivity index is 1.72. The summed E-state index contributed by atoms with van der Waals surface area (Å²) in [6.07, 6.45) is 5.97. The molecule has 5 heteroatoms. The van der Waals surface area contributed by atoms with Crippen LogP contribution in [-0.4, -0.2) is 20.1 Å². The van der Waals surface area contributed by atoms with Gasteiger partial charge in [-0.2, -0.15) is 0 Å². The van der Waals surface area contributed by atoms with Crippen molar-refractivity contribution in [2.24, 2.45) is 0 Å². The third-order valence-electron chi connectivity index (χ3n) is 6.02. The number of carbonyl (C=O) groups is 1. The molecule has 2 aromatic carbocycles. The van der Waals surface area contributed by atoms with E-state index in [1.807, 2.05) is 39.0 Å². The molecule has 1 amide bonds. The molecule has 0 bridgehead atoms. The molecular formula is C26H29NO4. The number of benzene rings is 2. The van der Waals surface area contributed by atoms with E-state index in [1.165, 1.54) is 12.0 Å². The van der Waals surface area contributed by atoms with Crippen LogP contribution in [0.15, 0.2) is 34.8 Å². The molecule has 1 aliphatic carbocycles. The quantitative estimate of drug-likeness (QED) is 0.516. The van der Waals surface area contributed by atoms with Gasteiger partial charge in [-0.3, -0.25) is 4.79 Å². The lowest BCUT2D eigenvalue weighted by Gasteiger charge is -2.14. The molecular weight excluding hydrogens is 390 g/mol. The molecule has 1 heterocycles. The molecule has 5 nitrogen and oxygen atoms in total. The monoisotopic (exact) mass is 419 g/mol. The fourth-order valence-electron chi connectivity index (χ4n) is 4.46. The molecule has 0 unspecified atom stereocenters. The summed E-state index contributed by atoms with van der Waals surface area (Å²) in [7, 11) is 3.25. The second-order valence-corrected chi connectivity index (χ2v) is 8.19. The lowest BCUT2D eigenvalue weighted by atomic mass is 9.93. The number of methoxy groups -OCH3 is 2. The summed E-state index contributed by atoms with van der Waals surface area (Å²) in [6.45, 7) is 5.93. The van der Waals surface area contributed by atoms with E-state index in [4.69, 9.17) is 13.9 Å². The number of hydrogen-bond donors (Lipinski definition) is 1. The van der Waals surface area contributed by atoms with Gasteiger partial charge >= 0.3 is 0 Å². The van der Waals surface area contributed by atoms with Crippen LogP contribution < -0.4 is 14.8 Å². The summed E-state index contributed by atoms with van der Waals surface area (Å²) >= 11 is 0. The molecule has 0 spiro atoms. The smallest absolute Gasteiger partial charge is 0.248 e. The van der Waals surface area contributed by atoms with Gasteiger partial charge < -0.3 is 19.2 Å². The van der Waals surface area contributed by atoms with Crippen molar-refractivity contribution in [3.05, 3.63) is 58.4 Å². The van der Waals surface area contributed by atoms with Crippen LogP contribution in [0.2, 0.25) is 0 Å². The van der Waals surface area contributed by atoms with Gasteiger partial charge in [0, 0.05) is 34.6 Å². The van der Waals surface area contributed by atoms with Crippen molar-refractivity contribution in [1.82, 2.24) is 0 Å². The predicted molar refractivity (Wildman–Crippen MR) is 124 cm³/mol. The molecule has 0 atom stereocenters. The zero-order chi connectivity index (χ0) is 22.1. The number of hydrogen-bond acceptors (Lipinski definition) is 4. The Hall–Kier alpha value is -3.21. The van der Waals surface area contributed by atoms with E-state index in [-0.39, 0.29) is 5.91 Å². The first kappa shape index (κ1) is 21.0. The van der Waals surface area contributed by atoms with E-state index < -0.39 is 0 Å². The first-order chi connectivity index (χ1) is 14.9. The third-order valence-corrected chi connectivity index (χ3v) is 6.02. The maximum Gasteiger partial charge on any atom is 0.248 e. The Bertz CT molecular complexity index is 1190. The second-order valence-electron chi connectivity index (χ2n) is 8.19. The lowest BCUT2D eigenvalue weighted by molar-refractivity contribution is -0.111. The molecule has 1 N–H and O–H groups in total. The molecule has 0 saturated heterocycles. The van der Waals surface area contributed by atoms with E-state index in [9.17, 15) is 4.79 Å². The zero-order valence-electron chi connectivity index (χ0n) is 18.8. The first-order valence-corrected chi connectivity index (χ1v) is 10.7. The normalized spacial score (nSPS) is 13.8. The molecule has 1 aliphatic rings. The number of aryl methyl sites for hydroxylation is 4. The number of furan rings is 1. The fraction of sp³-hybridized carbons (Fsp3) is 0.346. The maximum absolute atomic E-state index is 12.8. The van der Waals surface area contributed by atoms with E-state index in [1.54, 1.807) is 20.3 Å². The number of anilines is 1. The molecule has 0 saturated carbocycles. The SMILES string of the molecule is COc1ccc(C)cc1NC(=O)/C=C(\C)c1cc2c3c(oc2c(C)c1OC)CCCC3. The standard InChI is InChI=1S/C26H29NO4/c1-15-10-11-23(29-4)21(12-15)27-24(28)13-16(2)19-14-20-18-8-6-7-9-22(18)31-26(20)17(3)25(19)30-5/h10-14H,6-9H2,1-5H3,(H,27,28)/b16-13+. The van der Waals surface area contributed by atoms with Crippen molar-refractivity contribution < 1.29 is 18.7 Å². The summed E-state index contributed by atoms with van der Waals surface area (Å²) < 4.78 is 17.3. The van der Waals surface area contributed by atoms with Gasteiger partial charge in [0.25, 0.3) is 0 Å². The number of amides is 1. The second kappa shape index (κ2) is 8.50. The van der Waals surface area contributed by atoms with Gasteiger partial charge in [0.2, 0.25) is 5.91 Å². The summed E-state index contributed by atoms with van der Waals surface area (Å²) in [5.74, 6) is 2.25. The highest BCUT2D eigenvalue weighted by molar-refractivity contribution is 6.05. The zero-order valence-corrected chi connectivity index (χ0v) is 18.8. The summed E-state index contributed by atoms with van der Waals surface area (Å²) in [5.41, 5.74) is 6.61. The number of rotatable bonds is 5. The Kier molecular flexibility index (Phi) is 5.77. The highest BCUT2D eigenvalue weighted by Crippen LogP contribution is 2.41. The first-order valence-electron chi connectivity index (χ1n) is 10.7. The van der Waals surface area contributed by atoms with Gasteiger partial charge in [-0.05, 0) is 69.4 Å². The van der Waals surface area contributed by atoms with Gasteiger partial charge in [0.15, 0.2) is 0 Å². The van der Waals surface area contributed by atoms with Crippen LogP contribution in [0.3, 0.4) is 0 Å². The van der Waals surface area contributed by atoms with Crippen molar-refractivity contribution >= 4 is 28.1 Å². The average molecular weight is 420 g/mol. The van der Waals surface area contributed by atoms with E-state index in [0.29, 0.717) is 11.4 Å². The molecule has 162 valence electrons. The lowest BCUT2D eigenvalue weighted by Crippen LogP contribution is -2.10. The van der Waals surface area contributed by atoms with Crippen LogP contribution in [0.1, 0.15) is 47.8 Å². The van der Waals surface area contributed by atoms with Gasteiger partial charge in [-0.15, -0.1) is 0 Å². The fourth-order valence-corrected chi connectivity index (χ4v) is 4.46. The minimum Gasteiger partial charge on any atom is -0.496 e. The van der Waals surface area contributed by atoms with Crippen LogP contribution in [0.5, 0.6) is 11.5 Å². The van der Waals surface area contributed by atoms with Gasteiger partial charge in [0.05, 0.1) is 19.9 Å². The molecule has 4 rings (SSSR count). The minimum absolute atomic E-state index is 0.213. The van der Waals surface area contributed by atoms with Crippen LogP contribution in [0, 0.1) is 13.8 Å². The van der Waals surface area contributed by atoms with Crippen LogP contribution >= 0.6 is 0 Å². The third kappa shape index (κ3) is 3.92. The van der Waals surface area contributed by atoms with Crippen molar-refractivity contribution in [3.8, 4) is 11.5 Å². The van der Waals surface area contributed by atoms with Gasteiger partial charge in [-0.25, -0.2) is 0 Å². The topological polar surface area (TPSA) is 60.7 Å². The number of ether oxygens (including phenoxy) is 2. The van der Waals surface area contributed by atoms with Crippen molar-refractivity contribution in [1.29, 1.82) is 0 Å². The molecule has 0 aliphatic heterocycles. The van der Waals surface area contributed by atoms with Gasteiger partial charge in [0.1, 0.15) is 22.8 Å².